The highest BCUT2D eigenvalue weighted by molar-refractivity contribution is 9.10. The van der Waals surface area contributed by atoms with Crippen LogP contribution in [0.4, 0.5) is 5.69 Å². The van der Waals surface area contributed by atoms with Gasteiger partial charge in [-0.05, 0) is 42.5 Å². The van der Waals surface area contributed by atoms with Gasteiger partial charge in [-0.1, -0.05) is 15.9 Å². The zero-order valence-corrected chi connectivity index (χ0v) is 15.3. The zero-order chi connectivity index (χ0) is 17.5. The second kappa shape index (κ2) is 6.08. The number of benzene rings is 2. The van der Waals surface area contributed by atoms with E-state index in [-0.39, 0.29) is 10.6 Å². The summed E-state index contributed by atoms with van der Waals surface area (Å²) in [5, 5.41) is 0. The van der Waals surface area contributed by atoms with Gasteiger partial charge in [0.05, 0.1) is 15.9 Å². The van der Waals surface area contributed by atoms with Crippen molar-refractivity contribution >= 4 is 42.7 Å². The Morgan fingerprint density at radius 1 is 0.958 bits per heavy atom. The zero-order valence-electron chi connectivity index (χ0n) is 12.9. The van der Waals surface area contributed by atoms with E-state index < -0.39 is 10.0 Å². The summed E-state index contributed by atoms with van der Waals surface area (Å²) < 4.78 is 28.7. The van der Waals surface area contributed by atoms with Crippen molar-refractivity contribution in [2.75, 3.05) is 5.43 Å². The molecule has 0 aliphatic heterocycles. The lowest BCUT2D eigenvalue weighted by Gasteiger charge is -2.10. The van der Waals surface area contributed by atoms with Crippen molar-refractivity contribution in [3.63, 3.8) is 0 Å². The molecule has 0 atom stereocenters. The van der Waals surface area contributed by atoms with Crippen LogP contribution in [0.1, 0.15) is 0 Å². The highest BCUT2D eigenvalue weighted by Crippen LogP contribution is 2.18. The van der Waals surface area contributed by atoms with Gasteiger partial charge in [0.2, 0.25) is 0 Å². The predicted octanol–water partition coefficient (Wildman–Crippen LogP) is 1.94. The quantitative estimate of drug-likeness (QED) is 0.643. The smallest absolute Gasteiger partial charge is 0.308 e. The minimum Gasteiger partial charge on any atom is -0.308 e. The first-order valence-corrected chi connectivity index (χ1v) is 9.26. The van der Waals surface area contributed by atoms with Gasteiger partial charge >= 0.3 is 5.69 Å². The third kappa shape index (κ3) is 2.97. The first-order valence-electron chi connectivity index (χ1n) is 6.98. The Kier molecular flexibility index (Phi) is 4.24. The molecule has 0 unspecified atom stereocenters. The normalized spacial score (nSPS) is 11.8. The Bertz CT molecular complexity index is 1070. The van der Waals surface area contributed by atoms with E-state index in [9.17, 15) is 13.2 Å². The molecule has 3 rings (SSSR count). The van der Waals surface area contributed by atoms with Crippen LogP contribution in [0.2, 0.25) is 0 Å². The van der Waals surface area contributed by atoms with Gasteiger partial charge in [0.25, 0.3) is 10.0 Å². The molecule has 0 aliphatic carbocycles. The summed E-state index contributed by atoms with van der Waals surface area (Å²) in [4.78, 5) is 14.3. The standard InChI is InChI=1S/C15H15BrN4O3S/c1-19-13-8-7-12(9-14(13)20(2)15(19)21)24(22,23)18-17-11-5-3-10(16)4-6-11/h3-9,17-18H,1-2H3. The molecule has 9 heteroatoms. The number of halogens is 1. The lowest BCUT2D eigenvalue weighted by Crippen LogP contribution is -2.29. The number of rotatable bonds is 4. The van der Waals surface area contributed by atoms with Crippen LogP contribution in [0.15, 0.2) is 56.6 Å². The van der Waals surface area contributed by atoms with E-state index in [2.05, 4.69) is 26.2 Å². The molecule has 7 nitrogen and oxygen atoms in total. The molecule has 0 saturated heterocycles. The van der Waals surface area contributed by atoms with Gasteiger partial charge in [-0.25, -0.2) is 13.2 Å². The maximum atomic E-state index is 12.4. The number of imidazole rings is 1. The maximum absolute atomic E-state index is 12.4. The molecule has 0 bridgehead atoms. The SMILES string of the molecule is Cn1c(=O)n(C)c2cc(S(=O)(=O)NNc3ccc(Br)cc3)ccc21. The van der Waals surface area contributed by atoms with Crippen molar-refractivity contribution in [2.45, 2.75) is 4.90 Å². The molecule has 1 aromatic heterocycles. The summed E-state index contributed by atoms with van der Waals surface area (Å²) in [5.41, 5.74) is 4.27. The number of aromatic nitrogens is 2. The summed E-state index contributed by atoms with van der Waals surface area (Å²) in [5.74, 6) is 0. The Hall–Kier alpha value is -2.10. The molecule has 2 aromatic carbocycles. The number of hydrogen-bond donors (Lipinski definition) is 2. The largest absolute Gasteiger partial charge is 0.328 e. The van der Waals surface area contributed by atoms with Crippen LogP contribution >= 0.6 is 15.9 Å². The maximum Gasteiger partial charge on any atom is 0.328 e. The molecule has 0 amide bonds. The molecule has 24 heavy (non-hydrogen) atoms. The van der Waals surface area contributed by atoms with E-state index in [0.717, 1.165) is 4.47 Å². The highest BCUT2D eigenvalue weighted by Gasteiger charge is 2.17. The number of aryl methyl sites for hydroxylation is 2. The van der Waals surface area contributed by atoms with Crippen LogP contribution in [-0.2, 0) is 24.1 Å². The molecular formula is C15H15BrN4O3S. The van der Waals surface area contributed by atoms with Crippen molar-refractivity contribution in [2.24, 2.45) is 14.1 Å². The topological polar surface area (TPSA) is 85.1 Å². The number of anilines is 1. The fourth-order valence-corrected chi connectivity index (χ4v) is 3.52. The number of nitrogens with one attached hydrogen (secondary N) is 2. The molecule has 0 radical (unpaired) electrons. The van der Waals surface area contributed by atoms with Gasteiger partial charge < -0.3 is 5.43 Å². The third-order valence-electron chi connectivity index (χ3n) is 3.73. The highest BCUT2D eigenvalue weighted by atomic mass is 79.9. The van der Waals surface area contributed by atoms with Crippen molar-refractivity contribution in [1.29, 1.82) is 0 Å². The van der Waals surface area contributed by atoms with Crippen LogP contribution in [0.3, 0.4) is 0 Å². The Labute approximate surface area is 147 Å². The number of nitrogens with zero attached hydrogens (tertiary/aromatic N) is 2. The van der Waals surface area contributed by atoms with E-state index in [1.54, 1.807) is 44.4 Å². The summed E-state index contributed by atoms with van der Waals surface area (Å²) in [7, 11) is -0.527. The molecule has 0 fully saturated rings. The number of fused-ring (bicyclic) bond motifs is 1. The minimum absolute atomic E-state index is 0.0702. The fourth-order valence-electron chi connectivity index (χ4n) is 2.37. The first kappa shape index (κ1) is 16.7. The number of hydrogen-bond acceptors (Lipinski definition) is 4. The molecule has 0 spiro atoms. The monoisotopic (exact) mass is 410 g/mol. The van der Waals surface area contributed by atoms with Crippen molar-refractivity contribution in [3.8, 4) is 0 Å². The van der Waals surface area contributed by atoms with Gasteiger partial charge in [-0.15, -0.1) is 4.83 Å². The Balaban J connectivity index is 1.92. The predicted molar refractivity (Wildman–Crippen MR) is 96.2 cm³/mol. The second-order valence-electron chi connectivity index (χ2n) is 5.29. The molecule has 126 valence electrons. The van der Waals surface area contributed by atoms with Gasteiger partial charge in [0.1, 0.15) is 0 Å². The van der Waals surface area contributed by atoms with Crippen molar-refractivity contribution in [3.05, 3.63) is 57.4 Å². The molecule has 3 aromatic rings. The molecule has 0 aliphatic rings. The van der Waals surface area contributed by atoms with Crippen LogP contribution in [0.25, 0.3) is 11.0 Å². The van der Waals surface area contributed by atoms with Gasteiger partial charge in [0.15, 0.2) is 0 Å². The summed E-state index contributed by atoms with van der Waals surface area (Å²) in [6.07, 6.45) is 0. The third-order valence-corrected chi connectivity index (χ3v) is 5.50. The van der Waals surface area contributed by atoms with E-state index in [1.165, 1.54) is 21.3 Å². The Morgan fingerprint density at radius 2 is 1.58 bits per heavy atom. The van der Waals surface area contributed by atoms with E-state index in [1.807, 2.05) is 0 Å². The van der Waals surface area contributed by atoms with Crippen LogP contribution < -0.4 is 15.9 Å². The van der Waals surface area contributed by atoms with Crippen LogP contribution in [0, 0.1) is 0 Å². The molecule has 1 heterocycles. The van der Waals surface area contributed by atoms with Crippen LogP contribution in [0.5, 0.6) is 0 Å². The van der Waals surface area contributed by atoms with E-state index in [4.69, 9.17) is 0 Å². The summed E-state index contributed by atoms with van der Waals surface area (Å²) in [6.45, 7) is 0. The minimum atomic E-state index is -3.78. The van der Waals surface area contributed by atoms with Crippen molar-refractivity contribution in [1.82, 2.24) is 14.0 Å². The molecule has 2 N–H and O–H groups in total. The molecule has 0 saturated carbocycles. The van der Waals surface area contributed by atoms with Gasteiger partial charge in [0, 0.05) is 24.3 Å². The summed E-state index contributed by atoms with van der Waals surface area (Å²) in [6, 6.07) is 11.6. The van der Waals surface area contributed by atoms with E-state index in [0.29, 0.717) is 16.7 Å². The van der Waals surface area contributed by atoms with Gasteiger partial charge in [-0.2, -0.15) is 0 Å². The molecular weight excluding hydrogens is 396 g/mol. The lowest BCUT2D eigenvalue weighted by molar-refractivity contribution is 0.588. The average molecular weight is 411 g/mol. The summed E-state index contributed by atoms with van der Waals surface area (Å²) >= 11 is 3.31. The second-order valence-corrected chi connectivity index (χ2v) is 7.89. The number of sulfonamides is 1. The lowest BCUT2D eigenvalue weighted by atomic mass is 10.3. The van der Waals surface area contributed by atoms with E-state index >= 15 is 0 Å². The van der Waals surface area contributed by atoms with Crippen molar-refractivity contribution < 1.29 is 8.42 Å². The van der Waals surface area contributed by atoms with Crippen LogP contribution in [-0.4, -0.2) is 17.6 Å². The first-order chi connectivity index (χ1) is 11.3. The number of hydrazine groups is 1. The fraction of sp³-hybridized carbons (Fsp3) is 0.133. The Morgan fingerprint density at radius 3 is 2.25 bits per heavy atom. The average Bonchev–Trinajstić information content (AvgIpc) is 2.79. The van der Waals surface area contributed by atoms with Gasteiger partial charge in [-0.3, -0.25) is 9.13 Å².